The third-order valence-corrected chi connectivity index (χ3v) is 6.22. The minimum absolute atomic E-state index is 0.0557. The first-order valence-corrected chi connectivity index (χ1v) is 6.91. The lowest BCUT2D eigenvalue weighted by molar-refractivity contribution is 0.0695. The number of nitrogens with zero attached hydrogens (tertiary/aromatic N) is 1. The predicted molar refractivity (Wildman–Crippen MR) is 60.8 cm³/mol. The Morgan fingerprint density at radius 2 is 2.24 bits per heavy atom. The van der Waals surface area contributed by atoms with E-state index < -0.39 is 20.6 Å². The van der Waals surface area contributed by atoms with Crippen LogP contribution in [0.2, 0.25) is 0 Å². The molecule has 6 nitrogen and oxygen atoms in total. The minimum Gasteiger partial charge on any atom is -0.478 e. The van der Waals surface area contributed by atoms with Crippen LogP contribution in [0.5, 0.6) is 0 Å². The van der Waals surface area contributed by atoms with Crippen molar-refractivity contribution >= 4 is 15.8 Å². The lowest BCUT2D eigenvalue weighted by atomic mass is 9.88. The summed E-state index contributed by atoms with van der Waals surface area (Å²) in [5, 5.41) is 15.3. The van der Waals surface area contributed by atoms with Crippen molar-refractivity contribution in [2.24, 2.45) is 0 Å². The van der Waals surface area contributed by atoms with Crippen LogP contribution in [0, 0.1) is 0 Å². The van der Waals surface area contributed by atoms with Gasteiger partial charge in [-0.05, 0) is 20.3 Å². The lowest BCUT2D eigenvalue weighted by Gasteiger charge is -2.24. The first-order chi connectivity index (χ1) is 7.77. The molecule has 17 heavy (non-hydrogen) atoms. The maximum absolute atomic E-state index is 11.9. The summed E-state index contributed by atoms with van der Waals surface area (Å²) in [5.74, 6) is -1.35. The van der Waals surface area contributed by atoms with E-state index >= 15 is 0 Å². The van der Waals surface area contributed by atoms with Gasteiger partial charge >= 0.3 is 5.97 Å². The van der Waals surface area contributed by atoms with E-state index in [0.717, 1.165) is 0 Å². The average molecular weight is 258 g/mol. The number of hydrogen-bond donors (Lipinski definition) is 2. The van der Waals surface area contributed by atoms with Crippen LogP contribution in [-0.4, -0.2) is 40.2 Å². The van der Waals surface area contributed by atoms with Crippen molar-refractivity contribution in [1.29, 1.82) is 0 Å². The number of aromatic nitrogens is 2. The van der Waals surface area contributed by atoms with Gasteiger partial charge in [-0.15, -0.1) is 0 Å². The van der Waals surface area contributed by atoms with Gasteiger partial charge in [-0.3, -0.25) is 5.10 Å². The summed E-state index contributed by atoms with van der Waals surface area (Å²) >= 11 is 0. The molecular weight excluding hydrogens is 244 g/mol. The third kappa shape index (κ3) is 1.65. The summed E-state index contributed by atoms with van der Waals surface area (Å²) in [6, 6.07) is 0. The number of rotatable bonds is 2. The van der Waals surface area contributed by atoms with E-state index in [1.165, 1.54) is 6.20 Å². The maximum atomic E-state index is 11.9. The summed E-state index contributed by atoms with van der Waals surface area (Å²) in [7, 11) is -3.18. The van der Waals surface area contributed by atoms with Crippen molar-refractivity contribution in [3.63, 3.8) is 0 Å². The molecule has 0 radical (unpaired) electrons. The molecule has 1 saturated heterocycles. The van der Waals surface area contributed by atoms with E-state index in [9.17, 15) is 13.2 Å². The summed E-state index contributed by atoms with van der Waals surface area (Å²) in [4.78, 5) is 11.0. The van der Waals surface area contributed by atoms with Crippen LogP contribution in [0.3, 0.4) is 0 Å². The largest absolute Gasteiger partial charge is 0.478 e. The normalized spacial score (nSPS) is 25.9. The SMILES string of the molecule is CC1(C)C(c2[nH]ncc2C(=O)O)CCS1(=O)=O. The third-order valence-electron chi connectivity index (χ3n) is 3.56. The van der Waals surface area contributed by atoms with Gasteiger partial charge in [-0.25, -0.2) is 13.2 Å². The molecule has 94 valence electrons. The Balaban J connectivity index is 2.50. The Labute approximate surface area is 99.0 Å². The van der Waals surface area contributed by atoms with Gasteiger partial charge in [0, 0.05) is 5.92 Å². The first-order valence-electron chi connectivity index (χ1n) is 5.26. The Hall–Kier alpha value is -1.37. The Kier molecular flexibility index (Phi) is 2.53. The molecule has 0 bridgehead atoms. The zero-order valence-corrected chi connectivity index (χ0v) is 10.4. The van der Waals surface area contributed by atoms with Crippen molar-refractivity contribution < 1.29 is 18.3 Å². The fourth-order valence-electron chi connectivity index (χ4n) is 2.32. The molecule has 1 fully saturated rings. The number of carboxylic acid groups (broad SMARTS) is 1. The molecule has 1 unspecified atom stereocenters. The molecule has 2 rings (SSSR count). The van der Waals surface area contributed by atoms with Gasteiger partial charge in [0.15, 0.2) is 9.84 Å². The lowest BCUT2D eigenvalue weighted by Crippen LogP contribution is -2.33. The number of nitrogens with one attached hydrogen (secondary N) is 1. The van der Waals surface area contributed by atoms with Crippen LogP contribution in [0.15, 0.2) is 6.20 Å². The molecule has 1 aromatic heterocycles. The van der Waals surface area contributed by atoms with E-state index in [2.05, 4.69) is 10.2 Å². The number of hydrogen-bond acceptors (Lipinski definition) is 4. The zero-order valence-electron chi connectivity index (χ0n) is 9.60. The van der Waals surface area contributed by atoms with Gasteiger partial charge in [0.1, 0.15) is 5.56 Å². The van der Waals surface area contributed by atoms with Crippen molar-refractivity contribution in [3.05, 3.63) is 17.5 Å². The summed E-state index contributed by atoms with van der Waals surface area (Å²) in [5.41, 5.74) is 0.462. The number of sulfone groups is 1. The van der Waals surface area contributed by atoms with Gasteiger partial charge in [-0.1, -0.05) is 0 Å². The average Bonchev–Trinajstić information content (AvgIpc) is 2.72. The highest BCUT2D eigenvalue weighted by Crippen LogP contribution is 2.44. The van der Waals surface area contributed by atoms with Gasteiger partial charge in [0.2, 0.25) is 0 Å². The maximum Gasteiger partial charge on any atom is 0.339 e. The molecule has 2 N–H and O–H groups in total. The number of carbonyl (C=O) groups is 1. The fraction of sp³-hybridized carbons (Fsp3) is 0.600. The van der Waals surface area contributed by atoms with Crippen LogP contribution in [0.25, 0.3) is 0 Å². The molecule has 0 spiro atoms. The van der Waals surface area contributed by atoms with Crippen LogP contribution in [0.1, 0.15) is 42.2 Å². The van der Waals surface area contributed by atoms with Crippen LogP contribution in [0.4, 0.5) is 0 Å². The molecule has 0 saturated carbocycles. The molecule has 0 amide bonds. The van der Waals surface area contributed by atoms with E-state index in [1.54, 1.807) is 13.8 Å². The molecule has 7 heteroatoms. The highest BCUT2D eigenvalue weighted by molar-refractivity contribution is 7.93. The molecule has 1 aliphatic rings. The van der Waals surface area contributed by atoms with Crippen molar-refractivity contribution in [2.75, 3.05) is 5.75 Å². The van der Waals surface area contributed by atoms with Crippen molar-refractivity contribution in [1.82, 2.24) is 10.2 Å². The van der Waals surface area contributed by atoms with Crippen molar-refractivity contribution in [2.45, 2.75) is 30.9 Å². The molecule has 1 aliphatic heterocycles. The van der Waals surface area contributed by atoms with E-state index in [-0.39, 0.29) is 17.2 Å². The van der Waals surface area contributed by atoms with Crippen LogP contribution < -0.4 is 0 Å². The predicted octanol–water partition coefficient (Wildman–Crippen LogP) is 0.789. The Morgan fingerprint density at radius 1 is 1.59 bits per heavy atom. The Bertz CT molecular complexity index is 559. The van der Waals surface area contributed by atoms with E-state index in [0.29, 0.717) is 12.1 Å². The second kappa shape index (κ2) is 3.56. The number of carboxylic acids is 1. The number of H-pyrrole nitrogens is 1. The van der Waals surface area contributed by atoms with Gasteiger partial charge in [-0.2, -0.15) is 5.10 Å². The molecule has 2 heterocycles. The van der Waals surface area contributed by atoms with E-state index in [1.807, 2.05) is 0 Å². The first kappa shape index (κ1) is 12.1. The summed E-state index contributed by atoms with van der Waals surface area (Å²) in [6.45, 7) is 3.26. The molecule has 0 aromatic carbocycles. The summed E-state index contributed by atoms with van der Waals surface area (Å²) in [6.07, 6.45) is 1.65. The fourth-order valence-corrected chi connectivity index (χ4v) is 4.07. The molecule has 0 aliphatic carbocycles. The number of aromatic carboxylic acids is 1. The summed E-state index contributed by atoms with van der Waals surface area (Å²) < 4.78 is 22.8. The van der Waals surface area contributed by atoms with Gasteiger partial charge in [0.25, 0.3) is 0 Å². The topological polar surface area (TPSA) is 100 Å². The van der Waals surface area contributed by atoms with Crippen molar-refractivity contribution in [3.8, 4) is 0 Å². The standard InChI is InChI=1S/C10H14N2O4S/c1-10(2)7(3-4-17(10,15)16)8-6(9(13)14)5-11-12-8/h5,7H,3-4H2,1-2H3,(H,11,12)(H,13,14). The van der Waals surface area contributed by atoms with E-state index in [4.69, 9.17) is 5.11 Å². The Morgan fingerprint density at radius 3 is 2.71 bits per heavy atom. The number of aromatic amines is 1. The molecule has 1 aromatic rings. The second-order valence-electron chi connectivity index (χ2n) is 4.77. The van der Waals surface area contributed by atoms with Gasteiger partial charge in [0.05, 0.1) is 22.4 Å². The molecule has 1 atom stereocenters. The monoisotopic (exact) mass is 258 g/mol. The molecular formula is C10H14N2O4S. The van der Waals surface area contributed by atoms with Gasteiger partial charge < -0.3 is 5.11 Å². The smallest absolute Gasteiger partial charge is 0.339 e. The quantitative estimate of drug-likeness (QED) is 0.816. The highest BCUT2D eigenvalue weighted by atomic mass is 32.2. The minimum atomic E-state index is -3.18. The second-order valence-corrected chi connectivity index (χ2v) is 7.46. The van der Waals surface area contributed by atoms with Crippen LogP contribution >= 0.6 is 0 Å². The highest BCUT2D eigenvalue weighted by Gasteiger charge is 2.49. The van der Waals surface area contributed by atoms with Crippen LogP contribution in [-0.2, 0) is 9.84 Å². The zero-order chi connectivity index (χ0) is 12.8.